The predicted molar refractivity (Wildman–Crippen MR) is 115 cm³/mol. The van der Waals surface area contributed by atoms with Crippen LogP contribution < -0.4 is 10.1 Å². The van der Waals surface area contributed by atoms with Gasteiger partial charge in [0.05, 0.1) is 5.75 Å². The number of ether oxygens (including phenoxy) is 1. The Morgan fingerprint density at radius 1 is 1.16 bits per heavy atom. The minimum atomic E-state index is -3.25. The van der Waals surface area contributed by atoms with Crippen LogP contribution in [0.2, 0.25) is 0 Å². The molecule has 1 aliphatic heterocycles. The average molecular weight is 453 g/mol. The van der Waals surface area contributed by atoms with Crippen molar-refractivity contribution in [3.8, 4) is 5.75 Å². The van der Waals surface area contributed by atoms with E-state index in [0.717, 1.165) is 5.56 Å². The number of nitrogens with one attached hydrogen (secondary N) is 1. The maximum Gasteiger partial charge on any atom is 0.387 e. The van der Waals surface area contributed by atoms with Crippen molar-refractivity contribution in [3.05, 3.63) is 59.7 Å². The molecule has 168 valence electrons. The Morgan fingerprint density at radius 2 is 1.84 bits per heavy atom. The average Bonchev–Trinajstić information content (AvgIpc) is 2.76. The third kappa shape index (κ3) is 6.24. The van der Waals surface area contributed by atoms with Crippen LogP contribution >= 0.6 is 0 Å². The number of piperidine rings is 1. The minimum Gasteiger partial charge on any atom is -0.435 e. The molecule has 9 heteroatoms. The number of carbonyl (C=O) groups excluding carboxylic acids is 1. The molecule has 1 fully saturated rings. The molecule has 0 atom stereocenters. The second kappa shape index (κ2) is 10.2. The summed E-state index contributed by atoms with van der Waals surface area (Å²) in [5.41, 5.74) is 1.95. The van der Waals surface area contributed by atoms with E-state index in [2.05, 4.69) is 10.1 Å². The second-order valence-electron chi connectivity index (χ2n) is 7.43. The predicted octanol–water partition coefficient (Wildman–Crippen LogP) is 3.88. The van der Waals surface area contributed by atoms with Gasteiger partial charge in [0.1, 0.15) is 5.75 Å². The number of hydrogen-bond donors (Lipinski definition) is 1. The van der Waals surface area contributed by atoms with Crippen molar-refractivity contribution in [2.24, 2.45) is 5.92 Å². The van der Waals surface area contributed by atoms with Crippen LogP contribution in [-0.4, -0.2) is 44.1 Å². The summed E-state index contributed by atoms with van der Waals surface area (Å²) in [4.78, 5) is 12.7. The molecule has 1 amide bonds. The van der Waals surface area contributed by atoms with Gasteiger partial charge in [0, 0.05) is 36.7 Å². The highest BCUT2D eigenvalue weighted by Gasteiger charge is 2.30. The number of alkyl halides is 2. The highest BCUT2D eigenvalue weighted by molar-refractivity contribution is 7.89. The van der Waals surface area contributed by atoms with E-state index in [4.69, 9.17) is 0 Å². The van der Waals surface area contributed by atoms with Gasteiger partial charge in [-0.25, -0.2) is 12.7 Å². The maximum absolute atomic E-state index is 12.8. The maximum atomic E-state index is 12.8. The Balaban J connectivity index is 1.69. The quantitative estimate of drug-likeness (QED) is 0.660. The highest BCUT2D eigenvalue weighted by atomic mass is 32.2. The Labute approximate surface area is 181 Å². The lowest BCUT2D eigenvalue weighted by Crippen LogP contribution is -2.42. The summed E-state index contributed by atoms with van der Waals surface area (Å²) in [5.74, 6) is -0.407. The van der Waals surface area contributed by atoms with Gasteiger partial charge in [-0.3, -0.25) is 4.79 Å². The van der Waals surface area contributed by atoms with Crippen molar-refractivity contribution in [3.63, 3.8) is 0 Å². The fourth-order valence-corrected chi connectivity index (χ4v) is 4.78. The molecule has 1 heterocycles. The van der Waals surface area contributed by atoms with Crippen LogP contribution in [-0.2, 0) is 21.2 Å². The van der Waals surface area contributed by atoms with Crippen molar-refractivity contribution in [2.75, 3.05) is 24.2 Å². The summed E-state index contributed by atoms with van der Waals surface area (Å²) in [7, 11) is -3.25. The van der Waals surface area contributed by atoms with E-state index in [1.807, 2.05) is 30.3 Å². The number of sulfonamides is 1. The van der Waals surface area contributed by atoms with Crippen LogP contribution in [0.1, 0.15) is 30.9 Å². The Bertz CT molecular complexity index is 992. The number of carbonyl (C=O) groups is 1. The fraction of sp³-hybridized carbons (Fsp3) is 0.409. The highest BCUT2D eigenvalue weighted by Crippen LogP contribution is 2.28. The smallest absolute Gasteiger partial charge is 0.387 e. The third-order valence-corrected chi connectivity index (χ3v) is 7.25. The van der Waals surface area contributed by atoms with Crippen LogP contribution in [0.15, 0.2) is 48.5 Å². The number of nitrogens with zero attached hydrogens (tertiary/aromatic N) is 1. The van der Waals surface area contributed by atoms with E-state index in [1.165, 1.54) is 16.4 Å². The summed E-state index contributed by atoms with van der Waals surface area (Å²) < 4.78 is 55.6. The van der Waals surface area contributed by atoms with Gasteiger partial charge in [-0.05, 0) is 43.5 Å². The van der Waals surface area contributed by atoms with Crippen LogP contribution in [0.4, 0.5) is 14.5 Å². The van der Waals surface area contributed by atoms with Crippen LogP contribution in [0.3, 0.4) is 0 Å². The second-order valence-corrected chi connectivity index (χ2v) is 9.68. The number of halogens is 2. The Hall–Kier alpha value is -2.52. The molecule has 0 radical (unpaired) electrons. The van der Waals surface area contributed by atoms with Crippen molar-refractivity contribution in [2.45, 2.75) is 32.8 Å². The lowest BCUT2D eigenvalue weighted by molar-refractivity contribution is -0.120. The van der Waals surface area contributed by atoms with Gasteiger partial charge in [-0.15, -0.1) is 0 Å². The monoisotopic (exact) mass is 452 g/mol. The molecule has 3 rings (SSSR count). The van der Waals surface area contributed by atoms with E-state index in [9.17, 15) is 22.0 Å². The molecular formula is C22H26F2N2O4S. The van der Waals surface area contributed by atoms with E-state index in [-0.39, 0.29) is 23.3 Å². The zero-order valence-electron chi connectivity index (χ0n) is 17.3. The number of anilines is 1. The molecule has 2 aromatic rings. The Kier molecular flexibility index (Phi) is 7.61. The largest absolute Gasteiger partial charge is 0.435 e. The van der Waals surface area contributed by atoms with Crippen LogP contribution in [0.25, 0.3) is 0 Å². The topological polar surface area (TPSA) is 75.7 Å². The molecule has 31 heavy (non-hydrogen) atoms. The first-order valence-corrected chi connectivity index (χ1v) is 11.8. The van der Waals surface area contributed by atoms with Gasteiger partial charge in [0.2, 0.25) is 15.9 Å². The molecule has 6 nitrogen and oxygen atoms in total. The molecule has 0 bridgehead atoms. The van der Waals surface area contributed by atoms with Crippen molar-refractivity contribution in [1.82, 2.24) is 4.31 Å². The molecule has 1 saturated heterocycles. The summed E-state index contributed by atoms with van der Waals surface area (Å²) in [5, 5.41) is 2.84. The van der Waals surface area contributed by atoms with Crippen LogP contribution in [0.5, 0.6) is 5.75 Å². The van der Waals surface area contributed by atoms with Crippen molar-refractivity contribution < 1.29 is 26.7 Å². The van der Waals surface area contributed by atoms with E-state index in [0.29, 0.717) is 43.6 Å². The molecule has 0 aromatic heterocycles. The van der Waals surface area contributed by atoms with Crippen molar-refractivity contribution in [1.29, 1.82) is 0 Å². The number of amides is 1. The number of benzene rings is 2. The third-order valence-electron chi connectivity index (χ3n) is 5.36. The summed E-state index contributed by atoms with van der Waals surface area (Å²) in [6, 6.07) is 14.0. The zero-order valence-corrected chi connectivity index (χ0v) is 18.1. The summed E-state index contributed by atoms with van der Waals surface area (Å²) in [6.07, 6.45) is 1.25. The number of rotatable bonds is 8. The first kappa shape index (κ1) is 23.1. The van der Waals surface area contributed by atoms with E-state index >= 15 is 0 Å². The van der Waals surface area contributed by atoms with Crippen LogP contribution in [0, 0.1) is 5.92 Å². The molecule has 2 aromatic carbocycles. The summed E-state index contributed by atoms with van der Waals surface area (Å²) >= 11 is 0. The molecule has 1 aliphatic rings. The SMILES string of the molecule is CCS(=O)(=O)N1CCC(C(=O)Nc2ccc(OC(F)F)c(Cc3ccccc3)c2)CC1. The van der Waals surface area contributed by atoms with Gasteiger partial charge >= 0.3 is 6.61 Å². The lowest BCUT2D eigenvalue weighted by atomic mass is 9.97. The van der Waals surface area contributed by atoms with Gasteiger partial charge in [0.25, 0.3) is 0 Å². The van der Waals surface area contributed by atoms with Crippen molar-refractivity contribution >= 4 is 21.6 Å². The van der Waals surface area contributed by atoms with Gasteiger partial charge < -0.3 is 10.1 Å². The fourth-order valence-electron chi connectivity index (χ4n) is 3.65. The first-order valence-electron chi connectivity index (χ1n) is 10.2. The van der Waals surface area contributed by atoms with Gasteiger partial charge in [-0.1, -0.05) is 30.3 Å². The molecular weight excluding hydrogens is 426 g/mol. The van der Waals surface area contributed by atoms with Gasteiger partial charge in [-0.2, -0.15) is 8.78 Å². The Morgan fingerprint density at radius 3 is 2.45 bits per heavy atom. The van der Waals surface area contributed by atoms with Gasteiger partial charge in [0.15, 0.2) is 0 Å². The standard InChI is InChI=1S/C22H26F2N2O4S/c1-2-31(28,29)26-12-10-17(11-13-26)21(27)25-19-8-9-20(30-22(23)24)18(15-19)14-16-6-4-3-5-7-16/h3-9,15,17,22H,2,10-14H2,1H3,(H,25,27). The summed E-state index contributed by atoms with van der Waals surface area (Å²) in [6.45, 7) is -0.717. The minimum absolute atomic E-state index is 0.0427. The molecule has 0 saturated carbocycles. The molecule has 0 spiro atoms. The first-order chi connectivity index (χ1) is 14.8. The number of hydrogen-bond acceptors (Lipinski definition) is 4. The molecule has 0 unspecified atom stereocenters. The molecule has 1 N–H and O–H groups in total. The lowest BCUT2D eigenvalue weighted by Gasteiger charge is -2.30. The normalized spacial score (nSPS) is 15.7. The zero-order chi connectivity index (χ0) is 22.4. The molecule has 0 aliphatic carbocycles. The van der Waals surface area contributed by atoms with E-state index < -0.39 is 16.6 Å². The van der Waals surface area contributed by atoms with E-state index in [1.54, 1.807) is 13.0 Å².